The summed E-state index contributed by atoms with van der Waals surface area (Å²) in [4.78, 5) is 32.6. The van der Waals surface area contributed by atoms with Crippen LogP contribution in [0.25, 0.3) is 10.9 Å². The van der Waals surface area contributed by atoms with Crippen LogP contribution in [0, 0.1) is 11.8 Å². The Hall–Kier alpha value is -3.33. The number of aryl methyl sites for hydroxylation is 1. The van der Waals surface area contributed by atoms with Crippen LogP contribution in [0.4, 0.5) is 8.78 Å². The highest BCUT2D eigenvalue weighted by Gasteiger charge is 2.38. The standard InChI is InChI=1S/C25H26F2N4O3/c1-3-14-10-15-4-5-16(21(26)22(15)30-24(14)32)11-31-12-20(13(31)2)34-19-9-8-18(29-23(19)27)25(33)28-17-6-7-17/h4-5,8-10,13,17,20H,3,6-7,11-12H2,1-2H3,(H,28,33)(H,30,32). The SMILES string of the molecule is CCc1cc2ccc(CN3CC(Oc4ccc(C(=O)NC5CC5)nc4F)C3C)c(F)c2[nH]c1=O. The first-order chi connectivity index (χ1) is 16.3. The Morgan fingerprint density at radius 2 is 2.03 bits per heavy atom. The number of aromatic nitrogens is 2. The van der Waals surface area contributed by atoms with Gasteiger partial charge in [-0.05, 0) is 44.4 Å². The summed E-state index contributed by atoms with van der Waals surface area (Å²) in [6, 6.07) is 8.20. The maximum atomic E-state index is 15.1. The number of benzene rings is 1. The zero-order chi connectivity index (χ0) is 24.0. The molecule has 2 atom stereocenters. The number of pyridine rings is 2. The molecule has 1 aliphatic carbocycles. The summed E-state index contributed by atoms with van der Waals surface area (Å²) in [6.45, 7) is 4.62. The predicted octanol–water partition coefficient (Wildman–Crippen LogP) is 3.31. The topological polar surface area (TPSA) is 87.3 Å². The minimum absolute atomic E-state index is 0.0133. The van der Waals surface area contributed by atoms with Crippen molar-refractivity contribution in [2.45, 2.75) is 57.8 Å². The molecule has 1 saturated heterocycles. The lowest BCUT2D eigenvalue weighted by molar-refractivity contribution is -0.0437. The third-order valence-corrected chi connectivity index (χ3v) is 6.63. The number of carbonyl (C=O) groups excluding carboxylic acids is 1. The normalized spacial score (nSPS) is 20.2. The fourth-order valence-electron chi connectivity index (χ4n) is 4.21. The molecule has 0 radical (unpaired) electrons. The number of H-pyrrole nitrogens is 1. The summed E-state index contributed by atoms with van der Waals surface area (Å²) in [5, 5.41) is 3.43. The van der Waals surface area contributed by atoms with Crippen molar-refractivity contribution in [2.75, 3.05) is 6.54 Å². The van der Waals surface area contributed by atoms with Crippen molar-refractivity contribution in [3.05, 3.63) is 69.3 Å². The first-order valence-electron chi connectivity index (χ1n) is 11.6. The number of likely N-dealkylation sites (tertiary alicyclic amines) is 1. The zero-order valence-electron chi connectivity index (χ0n) is 19.0. The van der Waals surface area contributed by atoms with E-state index in [1.165, 1.54) is 12.1 Å². The summed E-state index contributed by atoms with van der Waals surface area (Å²) < 4.78 is 35.3. The van der Waals surface area contributed by atoms with Gasteiger partial charge in [-0.3, -0.25) is 14.5 Å². The molecular formula is C25H26F2N4O3. The van der Waals surface area contributed by atoms with E-state index in [1.54, 1.807) is 12.1 Å². The van der Waals surface area contributed by atoms with E-state index in [2.05, 4.69) is 15.3 Å². The van der Waals surface area contributed by atoms with Gasteiger partial charge in [0.15, 0.2) is 11.6 Å². The first kappa shape index (κ1) is 22.5. The molecule has 34 heavy (non-hydrogen) atoms. The van der Waals surface area contributed by atoms with E-state index in [4.69, 9.17) is 4.74 Å². The Kier molecular flexibility index (Phi) is 5.81. The smallest absolute Gasteiger partial charge is 0.270 e. The fourth-order valence-corrected chi connectivity index (χ4v) is 4.21. The lowest BCUT2D eigenvalue weighted by atomic mass is 9.99. The molecule has 0 spiro atoms. The van der Waals surface area contributed by atoms with Gasteiger partial charge in [0, 0.05) is 41.7 Å². The van der Waals surface area contributed by atoms with Gasteiger partial charge in [0.2, 0.25) is 0 Å². The maximum Gasteiger partial charge on any atom is 0.270 e. The van der Waals surface area contributed by atoms with Crippen LogP contribution in [0.2, 0.25) is 0 Å². The zero-order valence-corrected chi connectivity index (χ0v) is 19.0. The number of aromatic amines is 1. The minimum atomic E-state index is -0.829. The predicted molar refractivity (Wildman–Crippen MR) is 123 cm³/mol. The number of nitrogens with zero attached hydrogens (tertiary/aromatic N) is 2. The first-order valence-corrected chi connectivity index (χ1v) is 11.6. The molecule has 1 saturated carbocycles. The van der Waals surface area contributed by atoms with Crippen LogP contribution < -0.4 is 15.6 Å². The molecule has 0 bridgehead atoms. The van der Waals surface area contributed by atoms with Crippen LogP contribution in [-0.4, -0.2) is 45.5 Å². The number of rotatable bonds is 7. The Balaban J connectivity index is 1.23. The lowest BCUT2D eigenvalue weighted by Crippen LogP contribution is -2.60. The largest absolute Gasteiger partial charge is 0.483 e. The highest BCUT2D eigenvalue weighted by molar-refractivity contribution is 5.92. The van der Waals surface area contributed by atoms with E-state index in [0.717, 1.165) is 12.8 Å². The van der Waals surface area contributed by atoms with Crippen molar-refractivity contribution in [1.82, 2.24) is 20.2 Å². The van der Waals surface area contributed by atoms with Crippen molar-refractivity contribution in [2.24, 2.45) is 0 Å². The van der Waals surface area contributed by atoms with Gasteiger partial charge in [-0.1, -0.05) is 19.1 Å². The Bertz CT molecular complexity index is 1320. The molecule has 1 aliphatic heterocycles. The van der Waals surface area contributed by atoms with Crippen LogP contribution in [0.5, 0.6) is 5.75 Å². The van der Waals surface area contributed by atoms with Crippen molar-refractivity contribution >= 4 is 16.8 Å². The summed E-state index contributed by atoms with van der Waals surface area (Å²) in [7, 11) is 0. The van der Waals surface area contributed by atoms with Gasteiger partial charge in [0.05, 0.1) is 5.52 Å². The molecule has 2 aliphatic rings. The fraction of sp³-hybridized carbons (Fsp3) is 0.400. The molecule has 2 N–H and O–H groups in total. The molecule has 9 heteroatoms. The average Bonchev–Trinajstić information content (AvgIpc) is 3.64. The van der Waals surface area contributed by atoms with Crippen molar-refractivity contribution < 1.29 is 18.3 Å². The van der Waals surface area contributed by atoms with E-state index >= 15 is 4.39 Å². The van der Waals surface area contributed by atoms with Crippen LogP contribution in [0.3, 0.4) is 0 Å². The molecule has 5 rings (SSSR count). The lowest BCUT2D eigenvalue weighted by Gasteiger charge is -2.45. The Morgan fingerprint density at radius 3 is 2.71 bits per heavy atom. The number of hydrogen-bond donors (Lipinski definition) is 2. The van der Waals surface area contributed by atoms with Crippen LogP contribution in [0.15, 0.2) is 35.1 Å². The average molecular weight is 469 g/mol. The van der Waals surface area contributed by atoms with Crippen molar-refractivity contribution in [1.29, 1.82) is 0 Å². The van der Waals surface area contributed by atoms with Gasteiger partial charge < -0.3 is 15.0 Å². The quantitative estimate of drug-likeness (QED) is 0.520. The summed E-state index contributed by atoms with van der Waals surface area (Å²) in [6.07, 6.45) is 2.16. The van der Waals surface area contributed by atoms with E-state index < -0.39 is 11.8 Å². The molecule has 1 amide bonds. The van der Waals surface area contributed by atoms with Gasteiger partial charge in [-0.2, -0.15) is 4.39 Å². The van der Waals surface area contributed by atoms with E-state index in [-0.39, 0.29) is 46.6 Å². The van der Waals surface area contributed by atoms with Gasteiger partial charge in [-0.25, -0.2) is 9.37 Å². The highest BCUT2D eigenvalue weighted by Crippen LogP contribution is 2.29. The summed E-state index contributed by atoms with van der Waals surface area (Å²) >= 11 is 0. The Labute approximate surface area is 195 Å². The number of nitrogens with one attached hydrogen (secondary N) is 2. The summed E-state index contributed by atoms with van der Waals surface area (Å²) in [5.41, 5.74) is 1.05. The van der Waals surface area contributed by atoms with E-state index in [0.29, 0.717) is 36.0 Å². The highest BCUT2D eigenvalue weighted by atomic mass is 19.1. The molecule has 3 heterocycles. The van der Waals surface area contributed by atoms with Crippen LogP contribution in [0.1, 0.15) is 48.3 Å². The molecule has 3 aromatic rings. The molecule has 2 aromatic heterocycles. The van der Waals surface area contributed by atoms with E-state index in [9.17, 15) is 14.0 Å². The molecular weight excluding hydrogens is 442 g/mol. The Morgan fingerprint density at radius 1 is 1.24 bits per heavy atom. The number of fused-ring (bicyclic) bond motifs is 1. The molecule has 1 aromatic carbocycles. The molecule has 2 unspecified atom stereocenters. The van der Waals surface area contributed by atoms with Gasteiger partial charge in [0.1, 0.15) is 11.8 Å². The number of hydrogen-bond acceptors (Lipinski definition) is 5. The van der Waals surface area contributed by atoms with Crippen LogP contribution in [-0.2, 0) is 13.0 Å². The number of ether oxygens (including phenoxy) is 1. The minimum Gasteiger partial charge on any atom is -0.483 e. The van der Waals surface area contributed by atoms with Crippen LogP contribution >= 0.6 is 0 Å². The van der Waals surface area contributed by atoms with Gasteiger partial charge in [0.25, 0.3) is 17.4 Å². The molecule has 178 valence electrons. The number of carbonyl (C=O) groups is 1. The number of halogens is 2. The van der Waals surface area contributed by atoms with Crippen molar-refractivity contribution in [3.8, 4) is 5.75 Å². The number of amides is 1. The molecule has 7 nitrogen and oxygen atoms in total. The van der Waals surface area contributed by atoms with E-state index in [1.807, 2.05) is 24.8 Å². The second-order valence-electron chi connectivity index (χ2n) is 9.04. The monoisotopic (exact) mass is 468 g/mol. The summed E-state index contributed by atoms with van der Waals surface area (Å²) in [5.74, 6) is -1.67. The van der Waals surface area contributed by atoms with Gasteiger partial charge >= 0.3 is 0 Å². The maximum absolute atomic E-state index is 15.1. The second-order valence-corrected chi connectivity index (χ2v) is 9.04. The third-order valence-electron chi connectivity index (χ3n) is 6.63. The molecule has 2 fully saturated rings. The van der Waals surface area contributed by atoms with Gasteiger partial charge in [-0.15, -0.1) is 0 Å². The third kappa shape index (κ3) is 4.27. The second kappa shape index (κ2) is 8.79. The van der Waals surface area contributed by atoms with Crippen molar-refractivity contribution in [3.63, 3.8) is 0 Å².